The zero-order valence-corrected chi connectivity index (χ0v) is 9.26. The molecule has 0 spiro atoms. The van der Waals surface area contributed by atoms with E-state index in [1.165, 1.54) is 0 Å². The number of aliphatic hydroxyl groups excluding tert-OH is 1. The minimum absolute atomic E-state index is 0.0404. The number of benzene rings is 1. The van der Waals surface area contributed by atoms with E-state index in [1.807, 2.05) is 12.1 Å². The third kappa shape index (κ3) is 1.31. The van der Waals surface area contributed by atoms with Gasteiger partial charge >= 0.3 is 0 Å². The lowest BCUT2D eigenvalue weighted by atomic mass is 10.2. The molecule has 4 heteroatoms. The number of H-pyrrole nitrogens is 1. The van der Waals surface area contributed by atoms with E-state index in [2.05, 4.69) is 20.9 Å². The van der Waals surface area contributed by atoms with Crippen LogP contribution >= 0.6 is 15.9 Å². The van der Waals surface area contributed by atoms with E-state index in [-0.39, 0.29) is 6.61 Å². The fourth-order valence-corrected chi connectivity index (χ4v) is 2.11. The fraction of sp³-hybridized carbons (Fsp3) is 0.200. The summed E-state index contributed by atoms with van der Waals surface area (Å²) >= 11 is 3.45. The number of hydrogen-bond acceptors (Lipinski definition) is 2. The summed E-state index contributed by atoms with van der Waals surface area (Å²) in [5.41, 5.74) is 1.84. The van der Waals surface area contributed by atoms with Gasteiger partial charge in [-0.05, 0) is 28.1 Å². The van der Waals surface area contributed by atoms with Gasteiger partial charge in [0.05, 0.1) is 23.7 Å². The van der Waals surface area contributed by atoms with Crippen molar-refractivity contribution in [1.29, 1.82) is 0 Å². The van der Waals surface area contributed by atoms with Crippen LogP contribution in [0.5, 0.6) is 5.75 Å². The molecular weight excluding hydrogens is 246 g/mol. The van der Waals surface area contributed by atoms with Crippen LogP contribution in [0.25, 0.3) is 10.9 Å². The summed E-state index contributed by atoms with van der Waals surface area (Å²) < 4.78 is 6.05. The first-order valence-corrected chi connectivity index (χ1v) is 5.00. The number of aliphatic hydroxyl groups is 1. The van der Waals surface area contributed by atoms with E-state index in [9.17, 15) is 0 Å². The van der Waals surface area contributed by atoms with E-state index in [1.54, 1.807) is 13.3 Å². The van der Waals surface area contributed by atoms with Gasteiger partial charge in [0.2, 0.25) is 0 Å². The number of aromatic amines is 1. The zero-order valence-electron chi connectivity index (χ0n) is 7.67. The predicted octanol–water partition coefficient (Wildman–Crippen LogP) is 2.43. The van der Waals surface area contributed by atoms with Gasteiger partial charge in [-0.15, -0.1) is 0 Å². The molecule has 0 aliphatic heterocycles. The van der Waals surface area contributed by atoms with Crippen LogP contribution in [-0.2, 0) is 6.61 Å². The summed E-state index contributed by atoms with van der Waals surface area (Å²) in [7, 11) is 1.63. The fourth-order valence-electron chi connectivity index (χ4n) is 1.49. The number of halogens is 1. The van der Waals surface area contributed by atoms with E-state index < -0.39 is 0 Å². The number of rotatable bonds is 2. The third-order valence-electron chi connectivity index (χ3n) is 2.23. The molecule has 0 fully saturated rings. The van der Waals surface area contributed by atoms with Gasteiger partial charge in [-0.1, -0.05) is 0 Å². The van der Waals surface area contributed by atoms with Crippen LogP contribution in [0.2, 0.25) is 0 Å². The second-order valence-corrected chi connectivity index (χ2v) is 3.77. The van der Waals surface area contributed by atoms with Gasteiger partial charge in [-0.3, -0.25) is 0 Å². The first-order chi connectivity index (χ1) is 6.77. The lowest BCUT2D eigenvalue weighted by Gasteiger charge is -2.03. The summed E-state index contributed by atoms with van der Waals surface area (Å²) in [5.74, 6) is 0.781. The van der Waals surface area contributed by atoms with Crippen molar-refractivity contribution in [3.8, 4) is 5.75 Å². The maximum atomic E-state index is 9.08. The number of aromatic nitrogens is 1. The largest absolute Gasteiger partial charge is 0.495 e. The van der Waals surface area contributed by atoms with Gasteiger partial charge in [0, 0.05) is 17.1 Å². The summed E-state index contributed by atoms with van der Waals surface area (Å²) in [6.45, 7) is 0.0404. The van der Waals surface area contributed by atoms with Gasteiger partial charge in [0.15, 0.2) is 0 Å². The van der Waals surface area contributed by atoms with E-state index in [0.717, 1.165) is 26.7 Å². The highest BCUT2D eigenvalue weighted by Gasteiger charge is 2.09. The zero-order chi connectivity index (χ0) is 10.1. The van der Waals surface area contributed by atoms with Crippen molar-refractivity contribution in [2.45, 2.75) is 6.61 Å². The van der Waals surface area contributed by atoms with Gasteiger partial charge in [0.1, 0.15) is 5.75 Å². The Balaban J connectivity index is 2.72. The highest BCUT2D eigenvalue weighted by Crippen LogP contribution is 2.33. The van der Waals surface area contributed by atoms with Crippen LogP contribution in [0.15, 0.2) is 22.8 Å². The highest BCUT2D eigenvalue weighted by molar-refractivity contribution is 9.10. The first kappa shape index (κ1) is 9.55. The van der Waals surface area contributed by atoms with Crippen molar-refractivity contribution in [2.75, 3.05) is 7.11 Å². The van der Waals surface area contributed by atoms with E-state index in [0.29, 0.717) is 0 Å². The Morgan fingerprint density at radius 2 is 2.29 bits per heavy atom. The molecule has 2 aromatic rings. The molecule has 0 bridgehead atoms. The Morgan fingerprint density at radius 3 is 2.93 bits per heavy atom. The second kappa shape index (κ2) is 3.63. The van der Waals surface area contributed by atoms with Crippen molar-refractivity contribution < 1.29 is 9.84 Å². The Morgan fingerprint density at radius 1 is 1.50 bits per heavy atom. The molecule has 0 saturated heterocycles. The van der Waals surface area contributed by atoms with Crippen molar-refractivity contribution in [3.05, 3.63) is 28.4 Å². The van der Waals surface area contributed by atoms with Crippen LogP contribution in [0.3, 0.4) is 0 Å². The topological polar surface area (TPSA) is 45.2 Å². The molecule has 0 radical (unpaired) electrons. The van der Waals surface area contributed by atoms with Crippen molar-refractivity contribution in [2.24, 2.45) is 0 Å². The average Bonchev–Trinajstić information content (AvgIpc) is 2.62. The number of nitrogens with one attached hydrogen (secondary N) is 1. The maximum Gasteiger partial charge on any atom is 0.135 e. The van der Waals surface area contributed by atoms with Crippen LogP contribution in [-0.4, -0.2) is 17.2 Å². The minimum Gasteiger partial charge on any atom is -0.495 e. The normalized spacial score (nSPS) is 10.8. The molecule has 2 N–H and O–H groups in total. The van der Waals surface area contributed by atoms with E-state index in [4.69, 9.17) is 9.84 Å². The number of hydrogen-bond donors (Lipinski definition) is 2. The molecule has 0 unspecified atom stereocenters. The lowest BCUT2D eigenvalue weighted by molar-refractivity contribution is 0.283. The monoisotopic (exact) mass is 255 g/mol. The number of ether oxygens (including phenoxy) is 1. The molecule has 1 aromatic carbocycles. The Kier molecular flexibility index (Phi) is 2.48. The van der Waals surface area contributed by atoms with Crippen LogP contribution < -0.4 is 4.74 Å². The Bertz CT molecular complexity index is 464. The molecule has 14 heavy (non-hydrogen) atoms. The molecule has 1 heterocycles. The molecule has 0 atom stereocenters. The minimum atomic E-state index is 0.0404. The molecule has 74 valence electrons. The maximum absolute atomic E-state index is 9.08. The molecule has 3 nitrogen and oxygen atoms in total. The van der Waals surface area contributed by atoms with E-state index >= 15 is 0 Å². The van der Waals surface area contributed by atoms with Gasteiger partial charge < -0.3 is 14.8 Å². The second-order valence-electron chi connectivity index (χ2n) is 2.98. The quantitative estimate of drug-likeness (QED) is 0.866. The Labute approximate surface area is 89.8 Å². The summed E-state index contributed by atoms with van der Waals surface area (Å²) in [4.78, 5) is 3.10. The molecule has 0 aliphatic carbocycles. The van der Waals surface area contributed by atoms with Crippen molar-refractivity contribution in [3.63, 3.8) is 0 Å². The molecular formula is C10H10BrNO2. The first-order valence-electron chi connectivity index (χ1n) is 4.21. The van der Waals surface area contributed by atoms with Crippen LogP contribution in [0.1, 0.15) is 5.56 Å². The highest BCUT2D eigenvalue weighted by atomic mass is 79.9. The lowest BCUT2D eigenvalue weighted by Crippen LogP contribution is -1.85. The number of methoxy groups -OCH3 is 1. The molecule has 2 rings (SSSR count). The summed E-state index contributed by atoms with van der Waals surface area (Å²) in [6.07, 6.45) is 1.80. The standard InChI is InChI=1S/C10H10BrNO2/c1-14-8-3-2-7-6(5-13)4-12-10(7)9(8)11/h2-4,12-13H,5H2,1H3. The SMILES string of the molecule is COc1ccc2c(CO)c[nH]c2c1Br. The van der Waals surface area contributed by atoms with Crippen LogP contribution in [0, 0.1) is 0 Å². The van der Waals surface area contributed by atoms with Gasteiger partial charge in [-0.25, -0.2) is 0 Å². The summed E-state index contributed by atoms with van der Waals surface area (Å²) in [6, 6.07) is 3.81. The Hall–Kier alpha value is -1.00. The molecule has 0 saturated carbocycles. The summed E-state index contributed by atoms with van der Waals surface area (Å²) in [5, 5.41) is 10.1. The van der Waals surface area contributed by atoms with Crippen molar-refractivity contribution >= 4 is 26.8 Å². The molecule has 0 aliphatic rings. The number of fused-ring (bicyclic) bond motifs is 1. The third-order valence-corrected chi connectivity index (χ3v) is 3.02. The predicted molar refractivity (Wildman–Crippen MR) is 58.5 cm³/mol. The van der Waals surface area contributed by atoms with Crippen molar-refractivity contribution in [1.82, 2.24) is 4.98 Å². The van der Waals surface area contributed by atoms with Crippen LogP contribution in [0.4, 0.5) is 0 Å². The van der Waals surface area contributed by atoms with Gasteiger partial charge in [-0.2, -0.15) is 0 Å². The smallest absolute Gasteiger partial charge is 0.135 e. The molecule has 0 amide bonds. The molecule has 1 aromatic heterocycles. The average molecular weight is 256 g/mol. The van der Waals surface area contributed by atoms with Gasteiger partial charge in [0.25, 0.3) is 0 Å².